The van der Waals surface area contributed by atoms with E-state index in [0.717, 1.165) is 5.75 Å². The highest BCUT2D eigenvalue weighted by molar-refractivity contribution is 5.71. The second kappa shape index (κ2) is 7.57. The van der Waals surface area contributed by atoms with Gasteiger partial charge in [-0.05, 0) is 24.3 Å². The first-order valence-electron chi connectivity index (χ1n) is 7.56. The molecule has 0 aliphatic rings. The van der Waals surface area contributed by atoms with Gasteiger partial charge in [-0.25, -0.2) is 0 Å². The van der Waals surface area contributed by atoms with Gasteiger partial charge in [0.2, 0.25) is 11.6 Å². The van der Waals surface area contributed by atoms with Gasteiger partial charge in [0.25, 0.3) is 5.89 Å². The number of para-hydroxylation sites is 1. The molecule has 0 amide bonds. The lowest BCUT2D eigenvalue weighted by Gasteiger charge is -2.13. The zero-order valence-electron chi connectivity index (χ0n) is 14.2. The molecule has 0 saturated carbocycles. The summed E-state index contributed by atoms with van der Waals surface area (Å²) < 4.78 is 27.0. The van der Waals surface area contributed by atoms with Crippen molar-refractivity contribution in [2.24, 2.45) is 0 Å². The Morgan fingerprint density at radius 3 is 2.32 bits per heavy atom. The molecule has 0 bridgehead atoms. The van der Waals surface area contributed by atoms with Crippen molar-refractivity contribution in [2.75, 3.05) is 21.3 Å². The SMILES string of the molecule is COc1ccc(-c2noc(COc3ccccc3)n2)c(OC)c1OC. The normalized spacial score (nSPS) is 10.4. The number of ether oxygens (including phenoxy) is 4. The predicted molar refractivity (Wildman–Crippen MR) is 90.2 cm³/mol. The Bertz CT molecular complexity index is 833. The molecule has 0 saturated heterocycles. The van der Waals surface area contributed by atoms with Gasteiger partial charge in [0.05, 0.1) is 26.9 Å². The van der Waals surface area contributed by atoms with E-state index in [1.165, 1.54) is 0 Å². The van der Waals surface area contributed by atoms with E-state index in [1.807, 2.05) is 30.3 Å². The van der Waals surface area contributed by atoms with Gasteiger partial charge < -0.3 is 23.5 Å². The van der Waals surface area contributed by atoms with Gasteiger partial charge in [-0.3, -0.25) is 0 Å². The number of nitrogens with zero attached hydrogens (tertiary/aromatic N) is 2. The van der Waals surface area contributed by atoms with Crippen molar-refractivity contribution in [3.8, 4) is 34.4 Å². The number of aromatic nitrogens is 2. The maximum Gasteiger partial charge on any atom is 0.264 e. The van der Waals surface area contributed by atoms with E-state index in [2.05, 4.69) is 10.1 Å². The second-order valence-electron chi connectivity index (χ2n) is 5.00. The minimum atomic E-state index is 0.173. The first-order chi connectivity index (χ1) is 12.3. The van der Waals surface area contributed by atoms with Crippen LogP contribution in [0.5, 0.6) is 23.0 Å². The molecular formula is C18H18N2O5. The number of rotatable bonds is 7. The van der Waals surface area contributed by atoms with Gasteiger partial charge >= 0.3 is 0 Å². The molecule has 25 heavy (non-hydrogen) atoms. The van der Waals surface area contributed by atoms with Crippen LogP contribution in [0, 0.1) is 0 Å². The third kappa shape index (κ3) is 3.50. The minimum absolute atomic E-state index is 0.173. The average molecular weight is 342 g/mol. The van der Waals surface area contributed by atoms with Crippen LogP contribution in [0.4, 0.5) is 0 Å². The summed E-state index contributed by atoms with van der Waals surface area (Å²) in [5.41, 5.74) is 0.634. The summed E-state index contributed by atoms with van der Waals surface area (Å²) in [7, 11) is 4.64. The van der Waals surface area contributed by atoms with Crippen LogP contribution in [0.15, 0.2) is 47.0 Å². The molecule has 130 valence electrons. The maximum absolute atomic E-state index is 5.61. The van der Waals surface area contributed by atoms with Crippen molar-refractivity contribution < 1.29 is 23.5 Å². The second-order valence-corrected chi connectivity index (χ2v) is 5.00. The largest absolute Gasteiger partial charge is 0.493 e. The van der Waals surface area contributed by atoms with Crippen LogP contribution in [-0.4, -0.2) is 31.5 Å². The number of hydrogen-bond donors (Lipinski definition) is 0. The fourth-order valence-corrected chi connectivity index (χ4v) is 2.36. The monoisotopic (exact) mass is 342 g/mol. The summed E-state index contributed by atoms with van der Waals surface area (Å²) >= 11 is 0. The third-order valence-electron chi connectivity index (χ3n) is 3.52. The topological polar surface area (TPSA) is 75.8 Å². The van der Waals surface area contributed by atoms with Crippen molar-refractivity contribution in [3.05, 3.63) is 48.4 Å². The maximum atomic E-state index is 5.61. The molecule has 0 aliphatic heterocycles. The first kappa shape index (κ1) is 16.6. The number of benzene rings is 2. The zero-order valence-corrected chi connectivity index (χ0v) is 14.2. The van der Waals surface area contributed by atoms with Gasteiger partial charge in [-0.2, -0.15) is 4.98 Å². The van der Waals surface area contributed by atoms with Gasteiger partial charge in [0.1, 0.15) is 5.75 Å². The van der Waals surface area contributed by atoms with Gasteiger partial charge in [0, 0.05) is 0 Å². The highest BCUT2D eigenvalue weighted by Crippen LogP contribution is 2.43. The van der Waals surface area contributed by atoms with E-state index >= 15 is 0 Å². The molecule has 3 aromatic rings. The average Bonchev–Trinajstić information content (AvgIpc) is 3.14. The molecule has 1 heterocycles. The summed E-state index contributed by atoms with van der Waals surface area (Å²) in [4.78, 5) is 4.36. The van der Waals surface area contributed by atoms with Crippen LogP contribution in [0.2, 0.25) is 0 Å². The van der Waals surface area contributed by atoms with Crippen molar-refractivity contribution in [2.45, 2.75) is 6.61 Å². The molecule has 0 fully saturated rings. The highest BCUT2D eigenvalue weighted by atomic mass is 16.5. The van der Waals surface area contributed by atoms with E-state index in [9.17, 15) is 0 Å². The standard InChI is InChI=1S/C18H18N2O5/c1-21-14-10-9-13(16(22-2)17(14)23-3)18-19-15(25-20-18)11-24-12-7-5-4-6-8-12/h4-10H,11H2,1-3H3. The van der Waals surface area contributed by atoms with Gasteiger partial charge in [-0.1, -0.05) is 23.4 Å². The Morgan fingerprint density at radius 2 is 1.64 bits per heavy atom. The minimum Gasteiger partial charge on any atom is -0.493 e. The smallest absolute Gasteiger partial charge is 0.264 e. The Labute approximate surface area is 145 Å². The molecule has 7 heteroatoms. The zero-order chi connectivity index (χ0) is 17.6. The van der Waals surface area contributed by atoms with Crippen LogP contribution in [0.1, 0.15) is 5.89 Å². The van der Waals surface area contributed by atoms with E-state index in [0.29, 0.717) is 34.5 Å². The molecule has 2 aromatic carbocycles. The van der Waals surface area contributed by atoms with Gasteiger partial charge in [-0.15, -0.1) is 0 Å². The molecule has 0 N–H and O–H groups in total. The molecule has 7 nitrogen and oxygen atoms in total. The van der Waals surface area contributed by atoms with Crippen molar-refractivity contribution in [1.82, 2.24) is 10.1 Å². The quantitative estimate of drug-likeness (QED) is 0.652. The summed E-state index contributed by atoms with van der Waals surface area (Å²) in [5, 5.41) is 4.00. The van der Waals surface area contributed by atoms with Crippen LogP contribution in [-0.2, 0) is 6.61 Å². The van der Waals surface area contributed by atoms with Crippen molar-refractivity contribution in [3.63, 3.8) is 0 Å². The predicted octanol–water partition coefficient (Wildman–Crippen LogP) is 3.34. The molecule has 0 atom stereocenters. The van der Waals surface area contributed by atoms with Crippen molar-refractivity contribution >= 4 is 0 Å². The number of hydrogen-bond acceptors (Lipinski definition) is 7. The molecular weight excluding hydrogens is 324 g/mol. The van der Waals surface area contributed by atoms with Crippen LogP contribution >= 0.6 is 0 Å². The summed E-state index contributed by atoms with van der Waals surface area (Å²) in [6.07, 6.45) is 0. The summed E-state index contributed by atoms with van der Waals surface area (Å²) in [6, 6.07) is 13.0. The molecule has 0 unspecified atom stereocenters. The van der Waals surface area contributed by atoms with Crippen LogP contribution in [0.25, 0.3) is 11.4 Å². The molecule has 1 aromatic heterocycles. The molecule has 3 rings (SSSR count). The van der Waals surface area contributed by atoms with Gasteiger partial charge in [0.15, 0.2) is 18.1 Å². The van der Waals surface area contributed by atoms with E-state index in [-0.39, 0.29) is 6.61 Å². The fraction of sp³-hybridized carbons (Fsp3) is 0.222. The first-order valence-corrected chi connectivity index (χ1v) is 7.56. The van der Waals surface area contributed by atoms with E-state index in [1.54, 1.807) is 33.5 Å². The van der Waals surface area contributed by atoms with Crippen LogP contribution < -0.4 is 18.9 Å². The van der Waals surface area contributed by atoms with E-state index in [4.69, 9.17) is 23.5 Å². The lowest BCUT2D eigenvalue weighted by Crippen LogP contribution is -1.98. The number of methoxy groups -OCH3 is 3. The molecule has 0 spiro atoms. The Balaban J connectivity index is 1.84. The van der Waals surface area contributed by atoms with Crippen molar-refractivity contribution in [1.29, 1.82) is 0 Å². The highest BCUT2D eigenvalue weighted by Gasteiger charge is 2.20. The Morgan fingerprint density at radius 1 is 0.880 bits per heavy atom. The Hall–Kier alpha value is -3.22. The van der Waals surface area contributed by atoms with E-state index < -0.39 is 0 Å². The molecule has 0 aliphatic carbocycles. The van der Waals surface area contributed by atoms with Crippen LogP contribution in [0.3, 0.4) is 0 Å². The Kier molecular flexibility index (Phi) is 5.03. The summed E-state index contributed by atoms with van der Waals surface area (Å²) in [6.45, 7) is 0.173. The molecule has 0 radical (unpaired) electrons. The lowest BCUT2D eigenvalue weighted by molar-refractivity contribution is 0.243. The summed E-state index contributed by atoms with van der Waals surface area (Å²) in [5.74, 6) is 2.96. The fourth-order valence-electron chi connectivity index (χ4n) is 2.36. The third-order valence-corrected chi connectivity index (χ3v) is 3.52. The lowest BCUT2D eigenvalue weighted by atomic mass is 10.1.